The Labute approximate surface area is 99.1 Å². The van der Waals surface area contributed by atoms with Crippen molar-refractivity contribution in [3.63, 3.8) is 0 Å². The Balaban J connectivity index is 2.10. The van der Waals surface area contributed by atoms with Crippen molar-refractivity contribution in [2.75, 3.05) is 0 Å². The molecule has 2 nitrogen and oxygen atoms in total. The van der Waals surface area contributed by atoms with Crippen LogP contribution in [0.5, 0.6) is 0 Å². The molecule has 0 amide bonds. The molecule has 2 saturated carbocycles. The molecule has 0 saturated heterocycles. The molecule has 2 N–H and O–H groups in total. The third-order valence-corrected chi connectivity index (χ3v) is 5.07. The predicted octanol–water partition coefficient (Wildman–Crippen LogP) is 2.29. The first-order valence-electron chi connectivity index (χ1n) is 6.79. The van der Waals surface area contributed by atoms with Crippen molar-refractivity contribution < 1.29 is 10.2 Å². The smallest absolute Gasteiger partial charge is 0.0626 e. The summed E-state index contributed by atoms with van der Waals surface area (Å²) in [4.78, 5) is 0. The summed E-state index contributed by atoms with van der Waals surface area (Å²) in [5, 5.41) is 20.7. The fourth-order valence-corrected chi connectivity index (χ4v) is 4.05. The summed E-state index contributed by atoms with van der Waals surface area (Å²) in [6, 6.07) is 0. The summed E-state index contributed by atoms with van der Waals surface area (Å²) in [6.07, 6.45) is 1.68. The van der Waals surface area contributed by atoms with Gasteiger partial charge >= 0.3 is 0 Å². The highest BCUT2D eigenvalue weighted by atomic mass is 16.3. The molecule has 2 aliphatic carbocycles. The van der Waals surface area contributed by atoms with E-state index in [-0.39, 0.29) is 18.1 Å². The van der Waals surface area contributed by atoms with E-state index in [2.05, 4.69) is 27.7 Å². The monoisotopic (exact) mass is 226 g/mol. The highest BCUT2D eigenvalue weighted by molar-refractivity contribution is 5.03. The van der Waals surface area contributed by atoms with E-state index in [4.69, 9.17) is 0 Å². The molecule has 2 fully saturated rings. The molecule has 0 aliphatic heterocycles. The standard InChI is InChI=1S/C14H26O2/c1-7(2)10-5-9-6-11(8(3)4)14(16)12(9)13(10)15/h7-16H,5-6H2,1-4H3/t9?,10-,11-,12?,13?,14?/m1/s1. The number of hydrogen-bond acceptors (Lipinski definition) is 2. The van der Waals surface area contributed by atoms with E-state index in [0.717, 1.165) is 12.8 Å². The molecule has 0 radical (unpaired) electrons. The predicted molar refractivity (Wildman–Crippen MR) is 64.9 cm³/mol. The van der Waals surface area contributed by atoms with Crippen LogP contribution in [0.25, 0.3) is 0 Å². The average molecular weight is 226 g/mol. The molecule has 4 atom stereocenters. The van der Waals surface area contributed by atoms with Gasteiger partial charge in [0.2, 0.25) is 0 Å². The summed E-state index contributed by atoms with van der Waals surface area (Å²) < 4.78 is 0. The van der Waals surface area contributed by atoms with Gasteiger partial charge in [-0.2, -0.15) is 0 Å². The van der Waals surface area contributed by atoms with Crippen LogP contribution in [0.4, 0.5) is 0 Å². The zero-order valence-corrected chi connectivity index (χ0v) is 10.9. The maximum atomic E-state index is 10.3. The third-order valence-electron chi connectivity index (χ3n) is 5.07. The van der Waals surface area contributed by atoms with Gasteiger partial charge < -0.3 is 10.2 Å². The summed E-state index contributed by atoms with van der Waals surface area (Å²) in [6.45, 7) is 8.73. The van der Waals surface area contributed by atoms with Gasteiger partial charge in [-0.1, -0.05) is 27.7 Å². The fourth-order valence-electron chi connectivity index (χ4n) is 4.05. The zero-order valence-electron chi connectivity index (χ0n) is 10.9. The van der Waals surface area contributed by atoms with Crippen molar-refractivity contribution in [1.82, 2.24) is 0 Å². The van der Waals surface area contributed by atoms with E-state index in [1.165, 1.54) is 0 Å². The van der Waals surface area contributed by atoms with Gasteiger partial charge in [-0.05, 0) is 42.4 Å². The number of aliphatic hydroxyl groups excluding tert-OH is 2. The SMILES string of the molecule is CC(C)[C@H]1CC2C[C@H](C(C)C)C(O)C2C1O. The van der Waals surface area contributed by atoms with Gasteiger partial charge in [0.05, 0.1) is 12.2 Å². The van der Waals surface area contributed by atoms with Crippen LogP contribution in [0.1, 0.15) is 40.5 Å². The molecule has 0 bridgehead atoms. The Morgan fingerprint density at radius 2 is 1.19 bits per heavy atom. The van der Waals surface area contributed by atoms with E-state index in [1.54, 1.807) is 0 Å². The van der Waals surface area contributed by atoms with Crippen LogP contribution in [-0.2, 0) is 0 Å². The molecule has 0 aromatic heterocycles. The van der Waals surface area contributed by atoms with Crippen molar-refractivity contribution in [2.45, 2.75) is 52.7 Å². The van der Waals surface area contributed by atoms with E-state index < -0.39 is 0 Å². The number of rotatable bonds is 2. The summed E-state index contributed by atoms with van der Waals surface area (Å²) in [5.41, 5.74) is 0. The molecular formula is C14H26O2. The van der Waals surface area contributed by atoms with Gasteiger partial charge in [0.15, 0.2) is 0 Å². The van der Waals surface area contributed by atoms with Gasteiger partial charge in [0.25, 0.3) is 0 Å². The Hall–Kier alpha value is -0.0800. The Bertz CT molecular complexity index is 225. The molecule has 16 heavy (non-hydrogen) atoms. The molecule has 2 rings (SSSR count). The largest absolute Gasteiger partial charge is 0.392 e. The lowest BCUT2D eigenvalue weighted by atomic mass is 9.84. The molecule has 2 aliphatic rings. The molecule has 2 unspecified atom stereocenters. The van der Waals surface area contributed by atoms with Crippen LogP contribution in [0.15, 0.2) is 0 Å². The molecule has 0 aromatic carbocycles. The maximum Gasteiger partial charge on any atom is 0.0626 e. The Morgan fingerprint density at radius 3 is 1.44 bits per heavy atom. The molecular weight excluding hydrogens is 200 g/mol. The van der Waals surface area contributed by atoms with Gasteiger partial charge in [-0.3, -0.25) is 0 Å². The third kappa shape index (κ3) is 1.80. The van der Waals surface area contributed by atoms with Crippen LogP contribution < -0.4 is 0 Å². The summed E-state index contributed by atoms with van der Waals surface area (Å²) >= 11 is 0. The van der Waals surface area contributed by atoms with Gasteiger partial charge in [-0.15, -0.1) is 0 Å². The average Bonchev–Trinajstić information content (AvgIpc) is 2.66. The summed E-state index contributed by atoms with van der Waals surface area (Å²) in [5.74, 6) is 2.58. The number of aliphatic hydroxyl groups is 2. The quantitative estimate of drug-likeness (QED) is 0.758. The number of fused-ring (bicyclic) bond motifs is 1. The van der Waals surface area contributed by atoms with Gasteiger partial charge in [-0.25, -0.2) is 0 Å². The van der Waals surface area contributed by atoms with Crippen molar-refractivity contribution in [3.05, 3.63) is 0 Å². The lowest BCUT2D eigenvalue weighted by Gasteiger charge is -2.28. The van der Waals surface area contributed by atoms with Crippen LogP contribution >= 0.6 is 0 Å². The molecule has 94 valence electrons. The van der Waals surface area contributed by atoms with Crippen molar-refractivity contribution >= 4 is 0 Å². The van der Waals surface area contributed by atoms with Crippen molar-refractivity contribution in [2.24, 2.45) is 35.5 Å². The molecule has 2 heteroatoms. The minimum atomic E-state index is -0.274. The van der Waals surface area contributed by atoms with E-state index in [9.17, 15) is 10.2 Å². The normalized spacial score (nSPS) is 48.0. The number of hydrogen-bond donors (Lipinski definition) is 2. The molecule has 0 aromatic rings. The zero-order chi connectivity index (χ0) is 12.0. The lowest BCUT2D eigenvalue weighted by Crippen LogP contribution is -2.34. The van der Waals surface area contributed by atoms with Gasteiger partial charge in [0.1, 0.15) is 0 Å². The Kier molecular flexibility index (Phi) is 3.33. The highest BCUT2D eigenvalue weighted by Gasteiger charge is 2.53. The first kappa shape index (κ1) is 12.4. The molecule has 0 heterocycles. The van der Waals surface area contributed by atoms with Crippen LogP contribution in [0.2, 0.25) is 0 Å². The highest BCUT2D eigenvalue weighted by Crippen LogP contribution is 2.52. The van der Waals surface area contributed by atoms with Crippen molar-refractivity contribution in [3.8, 4) is 0 Å². The second-order valence-electron chi connectivity index (χ2n) is 6.61. The summed E-state index contributed by atoms with van der Waals surface area (Å²) in [7, 11) is 0. The van der Waals surface area contributed by atoms with Crippen LogP contribution in [-0.4, -0.2) is 22.4 Å². The topological polar surface area (TPSA) is 40.5 Å². The Morgan fingerprint density at radius 1 is 0.812 bits per heavy atom. The van der Waals surface area contributed by atoms with Crippen molar-refractivity contribution in [1.29, 1.82) is 0 Å². The maximum absolute atomic E-state index is 10.3. The van der Waals surface area contributed by atoms with E-state index in [1.807, 2.05) is 0 Å². The van der Waals surface area contributed by atoms with Crippen LogP contribution in [0.3, 0.4) is 0 Å². The fraction of sp³-hybridized carbons (Fsp3) is 1.00. The first-order valence-corrected chi connectivity index (χ1v) is 6.79. The lowest BCUT2D eigenvalue weighted by molar-refractivity contribution is -0.0106. The second kappa shape index (κ2) is 4.30. The molecule has 0 spiro atoms. The van der Waals surface area contributed by atoms with E-state index >= 15 is 0 Å². The minimum absolute atomic E-state index is 0.153. The van der Waals surface area contributed by atoms with Gasteiger partial charge in [0, 0.05) is 5.92 Å². The van der Waals surface area contributed by atoms with E-state index in [0.29, 0.717) is 29.6 Å². The second-order valence-corrected chi connectivity index (χ2v) is 6.61. The first-order chi connectivity index (χ1) is 7.43. The van der Waals surface area contributed by atoms with Crippen LogP contribution in [0, 0.1) is 35.5 Å². The minimum Gasteiger partial charge on any atom is -0.392 e.